The number of carbonyl (C=O) groups excluding carboxylic acids is 1. The zero-order chi connectivity index (χ0) is 14.8. The van der Waals surface area contributed by atoms with Crippen molar-refractivity contribution < 1.29 is 9.53 Å². The molecule has 3 N–H and O–H groups in total. The molecule has 106 valence electrons. The van der Waals surface area contributed by atoms with E-state index < -0.39 is 0 Å². The van der Waals surface area contributed by atoms with Crippen LogP contribution in [0.15, 0.2) is 42.5 Å². The average molecular weight is 298 g/mol. The van der Waals surface area contributed by atoms with Crippen LogP contribution in [0, 0.1) is 0 Å². The fourth-order valence-corrected chi connectivity index (χ4v) is 2.51. The first-order valence-electron chi connectivity index (χ1n) is 6.61. The molecule has 1 heterocycles. The second kappa shape index (κ2) is 5.54. The van der Waals surface area contributed by atoms with Gasteiger partial charge in [-0.1, -0.05) is 24.4 Å². The Kier molecular flexibility index (Phi) is 3.58. The lowest BCUT2D eigenvalue weighted by molar-refractivity contribution is 0.102. The molecule has 0 bridgehead atoms. The third kappa shape index (κ3) is 2.73. The highest BCUT2D eigenvalue weighted by Gasteiger charge is 2.16. The van der Waals surface area contributed by atoms with E-state index in [2.05, 4.69) is 5.32 Å². The van der Waals surface area contributed by atoms with Crippen LogP contribution in [0.25, 0.3) is 0 Å². The second-order valence-electron chi connectivity index (χ2n) is 4.78. The lowest BCUT2D eigenvalue weighted by Crippen LogP contribution is -2.17. The van der Waals surface area contributed by atoms with E-state index in [9.17, 15) is 4.79 Å². The number of rotatable bonds is 3. The summed E-state index contributed by atoms with van der Waals surface area (Å²) in [5.41, 5.74) is 8.60. The Balaban J connectivity index is 1.85. The Morgan fingerprint density at radius 3 is 2.86 bits per heavy atom. The monoisotopic (exact) mass is 298 g/mol. The molecule has 0 spiro atoms. The third-order valence-electron chi connectivity index (χ3n) is 3.39. The van der Waals surface area contributed by atoms with E-state index in [0.29, 0.717) is 23.4 Å². The van der Waals surface area contributed by atoms with Gasteiger partial charge in [0.25, 0.3) is 5.91 Å². The van der Waals surface area contributed by atoms with E-state index in [-0.39, 0.29) is 10.9 Å². The van der Waals surface area contributed by atoms with Gasteiger partial charge in [0.05, 0.1) is 12.3 Å². The standard InChI is InChI=1S/C16H14N2O2S/c17-15(21)12-3-1-2-4-13(12)18-16(19)11-5-6-14-10(9-11)7-8-20-14/h1-6,9H,7-8H2,(H2,17,21)(H,18,19). The van der Waals surface area contributed by atoms with Crippen molar-refractivity contribution in [1.29, 1.82) is 0 Å². The molecule has 1 amide bonds. The largest absolute Gasteiger partial charge is 0.493 e. The van der Waals surface area contributed by atoms with Crippen LogP contribution in [-0.4, -0.2) is 17.5 Å². The number of amides is 1. The van der Waals surface area contributed by atoms with E-state index in [1.807, 2.05) is 24.3 Å². The molecule has 3 rings (SSSR count). The summed E-state index contributed by atoms with van der Waals surface area (Å²) in [6, 6.07) is 12.7. The molecule has 0 radical (unpaired) electrons. The fourth-order valence-electron chi connectivity index (χ4n) is 2.33. The van der Waals surface area contributed by atoms with Crippen molar-refractivity contribution in [1.82, 2.24) is 0 Å². The molecule has 2 aromatic rings. The van der Waals surface area contributed by atoms with Crippen LogP contribution >= 0.6 is 12.2 Å². The molecule has 0 saturated heterocycles. The van der Waals surface area contributed by atoms with Crippen molar-refractivity contribution in [3.8, 4) is 5.75 Å². The number of ether oxygens (including phenoxy) is 1. The lowest BCUT2D eigenvalue weighted by Gasteiger charge is -2.10. The fraction of sp³-hybridized carbons (Fsp3) is 0.125. The summed E-state index contributed by atoms with van der Waals surface area (Å²) in [4.78, 5) is 12.6. The number of carbonyl (C=O) groups is 1. The van der Waals surface area contributed by atoms with E-state index in [1.165, 1.54) is 0 Å². The van der Waals surface area contributed by atoms with Gasteiger partial charge in [-0.25, -0.2) is 0 Å². The molecule has 0 unspecified atom stereocenters. The Morgan fingerprint density at radius 1 is 1.24 bits per heavy atom. The maximum Gasteiger partial charge on any atom is 0.255 e. The third-order valence-corrected chi connectivity index (χ3v) is 3.61. The summed E-state index contributed by atoms with van der Waals surface area (Å²) in [7, 11) is 0. The molecular weight excluding hydrogens is 284 g/mol. The quantitative estimate of drug-likeness (QED) is 0.855. The lowest BCUT2D eigenvalue weighted by atomic mass is 10.1. The molecule has 0 aromatic heterocycles. The molecule has 21 heavy (non-hydrogen) atoms. The van der Waals surface area contributed by atoms with Crippen LogP contribution < -0.4 is 15.8 Å². The van der Waals surface area contributed by atoms with Gasteiger partial charge in [0.15, 0.2) is 0 Å². The first-order chi connectivity index (χ1) is 10.1. The van der Waals surface area contributed by atoms with Crippen molar-refractivity contribution in [3.63, 3.8) is 0 Å². The molecule has 0 aliphatic carbocycles. The molecule has 0 fully saturated rings. The molecular formula is C16H14N2O2S. The number of anilines is 1. The Bertz CT molecular complexity index is 728. The van der Waals surface area contributed by atoms with Crippen LogP contribution in [0.4, 0.5) is 5.69 Å². The second-order valence-corrected chi connectivity index (χ2v) is 5.22. The highest BCUT2D eigenvalue weighted by atomic mass is 32.1. The summed E-state index contributed by atoms with van der Waals surface area (Å²) in [5.74, 6) is 0.670. The minimum absolute atomic E-state index is 0.187. The van der Waals surface area contributed by atoms with Crippen molar-refractivity contribution in [2.45, 2.75) is 6.42 Å². The number of fused-ring (bicyclic) bond motifs is 1. The maximum absolute atomic E-state index is 12.4. The van der Waals surface area contributed by atoms with Crippen molar-refractivity contribution in [3.05, 3.63) is 59.2 Å². The number of hydrogen-bond donors (Lipinski definition) is 2. The number of thiocarbonyl (C=S) groups is 1. The van der Waals surface area contributed by atoms with Crippen LogP contribution in [0.5, 0.6) is 5.75 Å². The first-order valence-corrected chi connectivity index (χ1v) is 7.02. The van der Waals surface area contributed by atoms with Crippen molar-refractivity contribution in [2.24, 2.45) is 5.73 Å². The predicted molar refractivity (Wildman–Crippen MR) is 85.9 cm³/mol. The van der Waals surface area contributed by atoms with Gasteiger partial charge in [0, 0.05) is 17.5 Å². The summed E-state index contributed by atoms with van der Waals surface area (Å²) in [6.07, 6.45) is 0.833. The molecule has 2 aromatic carbocycles. The molecule has 1 aliphatic rings. The number of nitrogens with two attached hydrogens (primary N) is 1. The normalized spacial score (nSPS) is 12.4. The van der Waals surface area contributed by atoms with Gasteiger partial charge >= 0.3 is 0 Å². The van der Waals surface area contributed by atoms with E-state index in [1.54, 1.807) is 18.2 Å². The molecule has 5 heteroatoms. The highest BCUT2D eigenvalue weighted by molar-refractivity contribution is 7.80. The van der Waals surface area contributed by atoms with E-state index in [4.69, 9.17) is 22.7 Å². The van der Waals surface area contributed by atoms with E-state index >= 15 is 0 Å². The van der Waals surface area contributed by atoms with Crippen LogP contribution in [0.3, 0.4) is 0 Å². The molecule has 0 saturated carbocycles. The Labute approximate surface area is 127 Å². The Hall–Kier alpha value is -2.40. The zero-order valence-electron chi connectivity index (χ0n) is 11.3. The molecule has 4 nitrogen and oxygen atoms in total. The molecule has 1 aliphatic heterocycles. The smallest absolute Gasteiger partial charge is 0.255 e. The average Bonchev–Trinajstić information content (AvgIpc) is 2.94. The van der Waals surface area contributed by atoms with Gasteiger partial charge < -0.3 is 15.8 Å². The minimum atomic E-state index is -0.187. The van der Waals surface area contributed by atoms with Gasteiger partial charge in [-0.3, -0.25) is 4.79 Å². The number of benzene rings is 2. The number of hydrogen-bond acceptors (Lipinski definition) is 3. The zero-order valence-corrected chi connectivity index (χ0v) is 12.1. The number of para-hydroxylation sites is 1. The maximum atomic E-state index is 12.4. The van der Waals surface area contributed by atoms with Gasteiger partial charge in [-0.2, -0.15) is 0 Å². The SMILES string of the molecule is NC(=S)c1ccccc1NC(=O)c1ccc2c(c1)CCO2. The van der Waals surface area contributed by atoms with Crippen molar-refractivity contribution >= 4 is 28.8 Å². The summed E-state index contributed by atoms with van der Waals surface area (Å²) >= 11 is 4.99. The summed E-state index contributed by atoms with van der Waals surface area (Å²) < 4.78 is 5.44. The van der Waals surface area contributed by atoms with Crippen LogP contribution in [-0.2, 0) is 6.42 Å². The topological polar surface area (TPSA) is 64.3 Å². The molecule has 0 atom stereocenters. The van der Waals surface area contributed by atoms with Crippen LogP contribution in [0.1, 0.15) is 21.5 Å². The van der Waals surface area contributed by atoms with E-state index in [0.717, 1.165) is 17.7 Å². The van der Waals surface area contributed by atoms with Gasteiger partial charge in [-0.05, 0) is 35.9 Å². The number of nitrogens with one attached hydrogen (secondary N) is 1. The Morgan fingerprint density at radius 2 is 2.05 bits per heavy atom. The summed E-state index contributed by atoms with van der Waals surface area (Å²) in [5, 5.41) is 2.85. The summed E-state index contributed by atoms with van der Waals surface area (Å²) in [6.45, 7) is 0.671. The van der Waals surface area contributed by atoms with Gasteiger partial charge in [0.1, 0.15) is 10.7 Å². The first kappa shape index (κ1) is 13.6. The highest BCUT2D eigenvalue weighted by Crippen LogP contribution is 2.26. The van der Waals surface area contributed by atoms with Crippen molar-refractivity contribution in [2.75, 3.05) is 11.9 Å². The van der Waals surface area contributed by atoms with Crippen LogP contribution in [0.2, 0.25) is 0 Å². The minimum Gasteiger partial charge on any atom is -0.493 e. The van der Waals surface area contributed by atoms with Gasteiger partial charge in [-0.15, -0.1) is 0 Å². The predicted octanol–water partition coefficient (Wildman–Crippen LogP) is 2.51. The van der Waals surface area contributed by atoms with Gasteiger partial charge in [0.2, 0.25) is 0 Å².